The third-order valence-electron chi connectivity index (χ3n) is 4.96. The average molecular weight is 360 g/mol. The Morgan fingerprint density at radius 3 is 2.83 bits per heavy atom. The van der Waals surface area contributed by atoms with Gasteiger partial charge in [-0.05, 0) is 48.6 Å². The van der Waals surface area contributed by atoms with Gasteiger partial charge >= 0.3 is 0 Å². The quantitative estimate of drug-likeness (QED) is 0.656. The molecule has 0 spiro atoms. The molecule has 4 heteroatoms. The van der Waals surface area contributed by atoms with Crippen LogP contribution in [-0.2, 0) is 0 Å². The second kappa shape index (κ2) is 6.34. The number of hydrogen-bond donors (Lipinski definition) is 1. The zero-order chi connectivity index (χ0) is 16.7. The highest BCUT2D eigenvalue weighted by Crippen LogP contribution is 2.52. The maximum Gasteiger partial charge on any atom is 0.142 e. The number of allylic oxidation sites excluding steroid dienone is 2. The predicted molar refractivity (Wildman–Crippen MR) is 100 cm³/mol. The molecule has 124 valence electrons. The SMILES string of the molecule is CCOc1cccc2c1N[C@H](c1ccc(Cl)c(Cl)c1)[C@@H]1CC=C[C@H]21. The lowest BCUT2D eigenvalue weighted by molar-refractivity contribution is 0.337. The zero-order valence-corrected chi connectivity index (χ0v) is 14.9. The van der Waals surface area contributed by atoms with Crippen molar-refractivity contribution in [1.29, 1.82) is 0 Å². The van der Waals surface area contributed by atoms with Crippen molar-refractivity contribution in [3.63, 3.8) is 0 Å². The summed E-state index contributed by atoms with van der Waals surface area (Å²) < 4.78 is 5.85. The minimum Gasteiger partial charge on any atom is -0.492 e. The van der Waals surface area contributed by atoms with Crippen molar-refractivity contribution in [3.05, 3.63) is 69.7 Å². The largest absolute Gasteiger partial charge is 0.492 e. The summed E-state index contributed by atoms with van der Waals surface area (Å²) in [7, 11) is 0. The van der Waals surface area contributed by atoms with Gasteiger partial charge in [-0.15, -0.1) is 0 Å². The van der Waals surface area contributed by atoms with E-state index in [1.54, 1.807) is 0 Å². The molecule has 2 aromatic rings. The first-order valence-electron chi connectivity index (χ1n) is 8.33. The summed E-state index contributed by atoms with van der Waals surface area (Å²) in [5, 5.41) is 4.91. The molecule has 0 saturated carbocycles. The molecular formula is C20H19Cl2NO. The molecular weight excluding hydrogens is 341 g/mol. The third-order valence-corrected chi connectivity index (χ3v) is 5.70. The fourth-order valence-corrected chi connectivity index (χ4v) is 4.21. The number of rotatable bonds is 3. The fourth-order valence-electron chi connectivity index (χ4n) is 3.90. The van der Waals surface area contributed by atoms with E-state index < -0.39 is 0 Å². The molecule has 0 radical (unpaired) electrons. The van der Waals surface area contributed by atoms with E-state index in [1.165, 1.54) is 11.1 Å². The summed E-state index contributed by atoms with van der Waals surface area (Å²) in [6.07, 6.45) is 5.66. The predicted octanol–water partition coefficient (Wildman–Crippen LogP) is 6.22. The van der Waals surface area contributed by atoms with E-state index in [0.717, 1.165) is 17.9 Å². The van der Waals surface area contributed by atoms with E-state index in [9.17, 15) is 0 Å². The van der Waals surface area contributed by atoms with Crippen LogP contribution in [0.2, 0.25) is 10.0 Å². The molecule has 0 saturated heterocycles. The maximum atomic E-state index is 6.26. The highest BCUT2D eigenvalue weighted by molar-refractivity contribution is 6.42. The van der Waals surface area contributed by atoms with Gasteiger partial charge < -0.3 is 10.1 Å². The van der Waals surface area contributed by atoms with E-state index in [0.29, 0.717) is 28.5 Å². The Hall–Kier alpha value is -1.64. The summed E-state index contributed by atoms with van der Waals surface area (Å²) in [5.41, 5.74) is 3.58. The van der Waals surface area contributed by atoms with Crippen LogP contribution in [0.25, 0.3) is 0 Å². The third kappa shape index (κ3) is 2.58. The van der Waals surface area contributed by atoms with Crippen LogP contribution in [0.3, 0.4) is 0 Å². The normalized spacial score (nSPS) is 24.2. The second-order valence-corrected chi connectivity index (χ2v) is 7.12. The summed E-state index contributed by atoms with van der Waals surface area (Å²) in [6.45, 7) is 2.66. The molecule has 2 nitrogen and oxygen atoms in total. The topological polar surface area (TPSA) is 21.3 Å². The highest BCUT2D eigenvalue weighted by atomic mass is 35.5. The first kappa shape index (κ1) is 15.9. The zero-order valence-electron chi connectivity index (χ0n) is 13.4. The summed E-state index contributed by atoms with van der Waals surface area (Å²) in [6, 6.07) is 12.4. The van der Waals surface area contributed by atoms with Gasteiger partial charge in [-0.1, -0.05) is 53.6 Å². The molecule has 0 bridgehead atoms. The number of para-hydroxylation sites is 1. The van der Waals surface area contributed by atoms with Crippen LogP contribution in [0.1, 0.15) is 36.4 Å². The molecule has 2 aromatic carbocycles. The Morgan fingerprint density at radius 2 is 2.04 bits per heavy atom. The number of ether oxygens (including phenoxy) is 1. The van der Waals surface area contributed by atoms with Crippen molar-refractivity contribution in [2.75, 3.05) is 11.9 Å². The smallest absolute Gasteiger partial charge is 0.142 e. The Labute approximate surface area is 152 Å². The molecule has 3 atom stereocenters. The first-order valence-corrected chi connectivity index (χ1v) is 9.08. The standard InChI is InChI=1S/C20H19Cl2NO/c1-2-24-18-8-4-7-15-13-5-3-6-14(13)19(23-20(15)18)12-9-10-16(21)17(22)11-12/h3-5,7-11,13-14,19,23H,2,6H2,1H3/t13-,14+,19+/m0/s1. The van der Waals surface area contributed by atoms with Crippen LogP contribution in [0.15, 0.2) is 48.6 Å². The number of anilines is 1. The van der Waals surface area contributed by atoms with Gasteiger partial charge in [0.15, 0.2) is 0 Å². The number of nitrogens with one attached hydrogen (secondary N) is 1. The maximum absolute atomic E-state index is 6.26. The number of fused-ring (bicyclic) bond motifs is 3. The average Bonchev–Trinajstić information content (AvgIpc) is 3.07. The molecule has 1 N–H and O–H groups in total. The molecule has 0 amide bonds. The monoisotopic (exact) mass is 359 g/mol. The lowest BCUT2D eigenvalue weighted by atomic mass is 9.77. The molecule has 1 heterocycles. The molecule has 1 aliphatic carbocycles. The molecule has 0 unspecified atom stereocenters. The van der Waals surface area contributed by atoms with Gasteiger partial charge in [-0.2, -0.15) is 0 Å². The van der Waals surface area contributed by atoms with E-state index in [4.69, 9.17) is 27.9 Å². The van der Waals surface area contributed by atoms with Crippen LogP contribution in [-0.4, -0.2) is 6.61 Å². The van der Waals surface area contributed by atoms with Crippen LogP contribution in [0.5, 0.6) is 5.75 Å². The number of halogens is 2. The number of benzene rings is 2. The Bertz CT molecular complexity index is 802. The van der Waals surface area contributed by atoms with Gasteiger partial charge in [0.2, 0.25) is 0 Å². The van der Waals surface area contributed by atoms with Gasteiger partial charge in [0.25, 0.3) is 0 Å². The highest BCUT2D eigenvalue weighted by Gasteiger charge is 2.39. The minimum absolute atomic E-state index is 0.189. The van der Waals surface area contributed by atoms with Crippen LogP contribution < -0.4 is 10.1 Å². The summed E-state index contributed by atoms with van der Waals surface area (Å²) >= 11 is 12.4. The Morgan fingerprint density at radius 1 is 1.17 bits per heavy atom. The van der Waals surface area contributed by atoms with Crippen molar-refractivity contribution in [2.45, 2.75) is 25.3 Å². The van der Waals surface area contributed by atoms with Crippen molar-refractivity contribution in [3.8, 4) is 5.75 Å². The van der Waals surface area contributed by atoms with Crippen LogP contribution >= 0.6 is 23.2 Å². The van der Waals surface area contributed by atoms with Crippen molar-refractivity contribution < 1.29 is 4.74 Å². The van der Waals surface area contributed by atoms with E-state index >= 15 is 0 Å². The van der Waals surface area contributed by atoms with E-state index in [2.05, 4.69) is 35.7 Å². The Kier molecular flexibility index (Phi) is 4.19. The molecule has 0 aromatic heterocycles. The van der Waals surface area contributed by atoms with E-state index in [1.807, 2.05) is 25.1 Å². The Balaban J connectivity index is 1.79. The van der Waals surface area contributed by atoms with Crippen molar-refractivity contribution >= 4 is 28.9 Å². The van der Waals surface area contributed by atoms with E-state index in [-0.39, 0.29) is 6.04 Å². The van der Waals surface area contributed by atoms with Gasteiger partial charge in [-0.3, -0.25) is 0 Å². The second-order valence-electron chi connectivity index (χ2n) is 6.30. The molecule has 0 fully saturated rings. The van der Waals surface area contributed by atoms with Gasteiger partial charge in [0.1, 0.15) is 5.75 Å². The first-order chi connectivity index (χ1) is 11.7. The molecule has 24 heavy (non-hydrogen) atoms. The molecule has 4 rings (SSSR count). The van der Waals surface area contributed by atoms with Crippen LogP contribution in [0, 0.1) is 5.92 Å². The fraction of sp³-hybridized carbons (Fsp3) is 0.300. The van der Waals surface area contributed by atoms with Crippen LogP contribution in [0.4, 0.5) is 5.69 Å². The summed E-state index contributed by atoms with van der Waals surface area (Å²) in [4.78, 5) is 0. The van der Waals surface area contributed by atoms with Crippen molar-refractivity contribution in [2.24, 2.45) is 5.92 Å². The van der Waals surface area contributed by atoms with Gasteiger partial charge in [0, 0.05) is 5.92 Å². The number of hydrogen-bond acceptors (Lipinski definition) is 2. The molecule has 1 aliphatic heterocycles. The minimum atomic E-state index is 0.189. The van der Waals surface area contributed by atoms with Gasteiger partial charge in [-0.25, -0.2) is 0 Å². The van der Waals surface area contributed by atoms with Gasteiger partial charge in [0.05, 0.1) is 28.4 Å². The lowest BCUT2D eigenvalue weighted by Gasteiger charge is -2.38. The van der Waals surface area contributed by atoms with Crippen molar-refractivity contribution in [1.82, 2.24) is 0 Å². The lowest BCUT2D eigenvalue weighted by Crippen LogP contribution is -2.29. The molecule has 2 aliphatic rings. The summed E-state index contributed by atoms with van der Waals surface area (Å²) in [5.74, 6) is 1.80.